The summed E-state index contributed by atoms with van der Waals surface area (Å²) in [4.78, 5) is 26.7. The average molecular weight is 358 g/mol. The summed E-state index contributed by atoms with van der Waals surface area (Å²) >= 11 is 0. The normalized spacial score (nSPS) is 22.0. The monoisotopic (exact) mass is 358 g/mol. The lowest BCUT2D eigenvalue weighted by atomic mass is 9.91. The Hall–Kier alpha value is -1.88. The number of amides is 2. The first-order chi connectivity index (χ1) is 12.7. The lowest BCUT2D eigenvalue weighted by Crippen LogP contribution is -2.44. The van der Waals surface area contributed by atoms with Gasteiger partial charge in [0.25, 0.3) is 0 Å². The second kappa shape index (κ2) is 9.17. The minimum Gasteiger partial charge on any atom is -0.383 e. The van der Waals surface area contributed by atoms with Gasteiger partial charge in [-0.3, -0.25) is 9.59 Å². The van der Waals surface area contributed by atoms with Crippen molar-refractivity contribution in [2.24, 2.45) is 11.8 Å². The van der Waals surface area contributed by atoms with Gasteiger partial charge in [0.15, 0.2) is 0 Å². The molecule has 1 aromatic rings. The van der Waals surface area contributed by atoms with Crippen LogP contribution in [0.15, 0.2) is 30.3 Å². The minimum absolute atomic E-state index is 0.0334. The zero-order chi connectivity index (χ0) is 18.4. The number of carbonyl (C=O) groups is 2. The third-order valence-corrected chi connectivity index (χ3v) is 5.75. The first-order valence-electron chi connectivity index (χ1n) is 9.78. The predicted octanol–water partition coefficient (Wildman–Crippen LogP) is 2.40. The molecule has 2 aliphatic rings. The Morgan fingerprint density at radius 1 is 1.27 bits per heavy atom. The highest BCUT2D eigenvalue weighted by atomic mass is 16.5. The zero-order valence-corrected chi connectivity index (χ0v) is 15.7. The molecule has 0 spiro atoms. The summed E-state index contributed by atoms with van der Waals surface area (Å²) in [6.07, 6.45) is 6.04. The van der Waals surface area contributed by atoms with Gasteiger partial charge in [0.1, 0.15) is 0 Å². The standard InChI is InChI=1S/C21H30N2O3/c1-26-12-11-23-15-18(14-20(23)24)21(25)22-19(17-9-5-6-10-17)13-16-7-3-2-4-8-16/h2-4,7-8,17-19H,5-6,9-15H2,1H3,(H,22,25). The number of ether oxygens (including phenoxy) is 1. The van der Waals surface area contributed by atoms with Gasteiger partial charge in [-0.15, -0.1) is 0 Å². The molecule has 2 unspecified atom stereocenters. The molecule has 1 heterocycles. The number of hydrogen-bond acceptors (Lipinski definition) is 3. The molecule has 1 saturated heterocycles. The first kappa shape index (κ1) is 18.9. The minimum atomic E-state index is -0.237. The number of nitrogens with one attached hydrogen (secondary N) is 1. The van der Waals surface area contributed by atoms with Crippen LogP contribution in [-0.2, 0) is 20.7 Å². The van der Waals surface area contributed by atoms with Gasteiger partial charge in [0.05, 0.1) is 12.5 Å². The summed E-state index contributed by atoms with van der Waals surface area (Å²) in [7, 11) is 1.63. The summed E-state index contributed by atoms with van der Waals surface area (Å²) in [5, 5.41) is 3.30. The maximum atomic E-state index is 12.8. The second-order valence-electron chi connectivity index (χ2n) is 7.58. The van der Waals surface area contributed by atoms with Crippen LogP contribution in [0.1, 0.15) is 37.7 Å². The summed E-state index contributed by atoms with van der Waals surface area (Å²) in [5.74, 6) is 0.397. The Balaban J connectivity index is 1.61. The van der Waals surface area contributed by atoms with Gasteiger partial charge >= 0.3 is 0 Å². The topological polar surface area (TPSA) is 58.6 Å². The number of benzene rings is 1. The van der Waals surface area contributed by atoms with Gasteiger partial charge < -0.3 is 15.0 Å². The lowest BCUT2D eigenvalue weighted by Gasteiger charge is -2.26. The van der Waals surface area contributed by atoms with Gasteiger partial charge in [0.2, 0.25) is 11.8 Å². The Morgan fingerprint density at radius 3 is 2.69 bits per heavy atom. The van der Waals surface area contributed by atoms with Crippen molar-refractivity contribution in [2.45, 2.75) is 44.6 Å². The van der Waals surface area contributed by atoms with E-state index in [-0.39, 0.29) is 23.8 Å². The molecule has 1 aliphatic heterocycles. The van der Waals surface area contributed by atoms with Crippen molar-refractivity contribution >= 4 is 11.8 Å². The molecule has 1 aliphatic carbocycles. The summed E-state index contributed by atoms with van der Waals surface area (Å²) in [5.41, 5.74) is 1.26. The molecule has 0 aromatic heterocycles. The van der Waals surface area contributed by atoms with Gasteiger partial charge in [-0.05, 0) is 30.7 Å². The van der Waals surface area contributed by atoms with E-state index >= 15 is 0 Å². The maximum Gasteiger partial charge on any atom is 0.225 e. The Bertz CT molecular complexity index is 599. The van der Waals surface area contributed by atoms with Crippen molar-refractivity contribution in [1.82, 2.24) is 10.2 Å². The fraction of sp³-hybridized carbons (Fsp3) is 0.619. The number of rotatable bonds is 8. The largest absolute Gasteiger partial charge is 0.383 e. The molecule has 2 atom stereocenters. The van der Waals surface area contributed by atoms with Crippen LogP contribution in [0.4, 0.5) is 0 Å². The summed E-state index contributed by atoms with van der Waals surface area (Å²) in [6, 6.07) is 10.5. The average Bonchev–Trinajstić information content (AvgIpc) is 3.30. The van der Waals surface area contributed by atoms with Crippen LogP contribution < -0.4 is 5.32 Å². The maximum absolute atomic E-state index is 12.8. The molecule has 26 heavy (non-hydrogen) atoms. The van der Waals surface area contributed by atoms with E-state index in [1.54, 1.807) is 12.0 Å². The zero-order valence-electron chi connectivity index (χ0n) is 15.7. The fourth-order valence-corrected chi connectivity index (χ4v) is 4.23. The predicted molar refractivity (Wildman–Crippen MR) is 101 cm³/mol. The summed E-state index contributed by atoms with van der Waals surface area (Å²) < 4.78 is 5.05. The molecular formula is C21H30N2O3. The van der Waals surface area contributed by atoms with Gasteiger partial charge in [-0.2, -0.15) is 0 Å². The van der Waals surface area contributed by atoms with Crippen LogP contribution in [-0.4, -0.2) is 49.6 Å². The van der Waals surface area contributed by atoms with E-state index in [1.165, 1.54) is 31.2 Å². The van der Waals surface area contributed by atoms with E-state index in [2.05, 4.69) is 17.4 Å². The van der Waals surface area contributed by atoms with Crippen LogP contribution in [0, 0.1) is 11.8 Å². The molecule has 0 bridgehead atoms. The number of carbonyl (C=O) groups excluding carboxylic acids is 2. The Labute approximate surface area is 156 Å². The van der Waals surface area contributed by atoms with E-state index in [1.807, 2.05) is 18.2 Å². The molecule has 1 aromatic carbocycles. The molecule has 2 amide bonds. The van der Waals surface area contributed by atoms with Crippen molar-refractivity contribution in [3.63, 3.8) is 0 Å². The van der Waals surface area contributed by atoms with Crippen molar-refractivity contribution in [2.75, 3.05) is 26.8 Å². The molecule has 2 fully saturated rings. The molecular weight excluding hydrogens is 328 g/mol. The van der Waals surface area contributed by atoms with Gasteiger partial charge in [-0.25, -0.2) is 0 Å². The van der Waals surface area contributed by atoms with E-state index in [0.717, 1.165) is 6.42 Å². The van der Waals surface area contributed by atoms with E-state index in [0.29, 0.717) is 32.0 Å². The van der Waals surface area contributed by atoms with Crippen molar-refractivity contribution < 1.29 is 14.3 Å². The number of hydrogen-bond donors (Lipinski definition) is 1. The smallest absolute Gasteiger partial charge is 0.225 e. The SMILES string of the molecule is COCCN1CC(C(=O)NC(Cc2ccccc2)C2CCCC2)CC1=O. The summed E-state index contributed by atoms with van der Waals surface area (Å²) in [6.45, 7) is 1.59. The van der Waals surface area contributed by atoms with Gasteiger partial charge in [0, 0.05) is 32.7 Å². The number of methoxy groups -OCH3 is 1. The quantitative estimate of drug-likeness (QED) is 0.776. The van der Waals surface area contributed by atoms with Crippen LogP contribution in [0.2, 0.25) is 0 Å². The number of nitrogens with zero attached hydrogens (tertiary/aromatic N) is 1. The van der Waals surface area contributed by atoms with Crippen molar-refractivity contribution in [1.29, 1.82) is 0 Å². The third-order valence-electron chi connectivity index (χ3n) is 5.75. The second-order valence-corrected chi connectivity index (χ2v) is 7.58. The molecule has 0 radical (unpaired) electrons. The van der Waals surface area contributed by atoms with E-state index in [9.17, 15) is 9.59 Å². The number of likely N-dealkylation sites (tertiary alicyclic amines) is 1. The highest BCUT2D eigenvalue weighted by Gasteiger charge is 2.36. The van der Waals surface area contributed by atoms with Gasteiger partial charge in [-0.1, -0.05) is 43.2 Å². The molecule has 5 nitrogen and oxygen atoms in total. The Kier molecular flexibility index (Phi) is 6.67. The third kappa shape index (κ3) is 4.85. The van der Waals surface area contributed by atoms with Crippen molar-refractivity contribution in [3.8, 4) is 0 Å². The van der Waals surface area contributed by atoms with Crippen LogP contribution in [0.3, 0.4) is 0 Å². The first-order valence-corrected chi connectivity index (χ1v) is 9.78. The van der Waals surface area contributed by atoms with Crippen molar-refractivity contribution in [3.05, 3.63) is 35.9 Å². The van der Waals surface area contributed by atoms with Crippen LogP contribution >= 0.6 is 0 Å². The highest BCUT2D eigenvalue weighted by Crippen LogP contribution is 2.30. The van der Waals surface area contributed by atoms with E-state index in [4.69, 9.17) is 4.74 Å². The molecule has 5 heteroatoms. The van der Waals surface area contributed by atoms with Crippen LogP contribution in [0.25, 0.3) is 0 Å². The fourth-order valence-electron chi connectivity index (χ4n) is 4.23. The van der Waals surface area contributed by atoms with Crippen LogP contribution in [0.5, 0.6) is 0 Å². The molecule has 3 rings (SSSR count). The Morgan fingerprint density at radius 2 is 2.00 bits per heavy atom. The van der Waals surface area contributed by atoms with E-state index < -0.39 is 0 Å². The molecule has 142 valence electrons. The molecule has 1 saturated carbocycles. The molecule has 1 N–H and O–H groups in total. The lowest BCUT2D eigenvalue weighted by molar-refractivity contribution is -0.129. The highest BCUT2D eigenvalue weighted by molar-refractivity contribution is 5.89.